The van der Waals surface area contributed by atoms with Gasteiger partial charge >= 0.3 is 5.69 Å². The van der Waals surface area contributed by atoms with Gasteiger partial charge in [-0.3, -0.25) is 14.3 Å². The van der Waals surface area contributed by atoms with Gasteiger partial charge < -0.3 is 13.6 Å². The van der Waals surface area contributed by atoms with E-state index in [0.29, 0.717) is 18.7 Å². The maximum atomic E-state index is 12.7. The van der Waals surface area contributed by atoms with E-state index < -0.39 is 33.6 Å². The average Bonchev–Trinajstić information content (AvgIpc) is 3.11. The summed E-state index contributed by atoms with van der Waals surface area (Å²) >= 11 is 0. The number of nitrogens with one attached hydrogen (secondary N) is 1. The zero-order valence-corrected chi connectivity index (χ0v) is 23.3. The Bertz CT molecular complexity index is 1010. The molecule has 0 aromatic carbocycles. The highest BCUT2D eigenvalue weighted by Gasteiger charge is 2.53. The predicted molar refractivity (Wildman–Crippen MR) is 133 cm³/mol. The van der Waals surface area contributed by atoms with Crippen LogP contribution < -0.4 is 11.2 Å². The molecule has 0 radical (unpaired) electrons. The molecule has 7 nitrogen and oxygen atoms in total. The van der Waals surface area contributed by atoms with Crippen LogP contribution in [0.25, 0.3) is 6.08 Å². The molecule has 1 fully saturated rings. The average molecular weight is 481 g/mol. The minimum Gasteiger partial charge on any atom is -0.414 e. The fourth-order valence-electron chi connectivity index (χ4n) is 3.69. The van der Waals surface area contributed by atoms with Gasteiger partial charge in [-0.15, -0.1) is 0 Å². The second kappa shape index (κ2) is 7.90. The molecule has 1 aromatic rings. The van der Waals surface area contributed by atoms with Crippen molar-refractivity contribution in [1.82, 2.24) is 9.55 Å². The quantitative estimate of drug-likeness (QED) is 0.631. The molecule has 32 heavy (non-hydrogen) atoms. The van der Waals surface area contributed by atoms with E-state index in [2.05, 4.69) is 72.7 Å². The monoisotopic (exact) mass is 480 g/mol. The summed E-state index contributed by atoms with van der Waals surface area (Å²) in [6.45, 7) is 22.6. The lowest BCUT2D eigenvalue weighted by atomic mass is 10.1. The van der Waals surface area contributed by atoms with Crippen molar-refractivity contribution in [1.29, 1.82) is 0 Å². The zero-order chi connectivity index (χ0) is 24.3. The molecule has 0 unspecified atom stereocenters. The van der Waals surface area contributed by atoms with Crippen LogP contribution in [0.3, 0.4) is 0 Å². The summed E-state index contributed by atoms with van der Waals surface area (Å²) in [6, 6.07) is 1.43. The molecule has 3 rings (SSSR count). The summed E-state index contributed by atoms with van der Waals surface area (Å²) in [4.78, 5) is 26.9. The molecule has 0 aliphatic carbocycles. The van der Waals surface area contributed by atoms with Crippen molar-refractivity contribution in [2.75, 3.05) is 6.61 Å². The van der Waals surface area contributed by atoms with Gasteiger partial charge in [-0.2, -0.15) is 0 Å². The minimum absolute atomic E-state index is 0.0408. The normalized spacial score (nSPS) is 26.2. The van der Waals surface area contributed by atoms with Crippen molar-refractivity contribution < 1.29 is 13.6 Å². The largest absolute Gasteiger partial charge is 0.414 e. The number of nitrogens with zero attached hydrogens (tertiary/aromatic N) is 1. The fourth-order valence-corrected chi connectivity index (χ4v) is 6.05. The zero-order valence-electron chi connectivity index (χ0n) is 21.3. The first-order valence-electron chi connectivity index (χ1n) is 11.4. The number of hydrogen-bond acceptors (Lipinski definition) is 5. The topological polar surface area (TPSA) is 82.5 Å². The fraction of sp³-hybridized carbons (Fsp3) is 0.739. The van der Waals surface area contributed by atoms with Crippen LogP contribution in [0, 0.1) is 0 Å². The molecule has 3 heterocycles. The van der Waals surface area contributed by atoms with Crippen molar-refractivity contribution >= 4 is 22.7 Å². The summed E-state index contributed by atoms with van der Waals surface area (Å²) in [5.41, 5.74) is -1.29. The lowest BCUT2D eigenvalue weighted by Crippen LogP contribution is -2.48. The number of rotatable bonds is 5. The van der Waals surface area contributed by atoms with Gasteiger partial charge in [-0.1, -0.05) is 41.5 Å². The minimum atomic E-state index is -2.10. The van der Waals surface area contributed by atoms with E-state index in [1.54, 1.807) is 10.6 Å². The highest BCUT2D eigenvalue weighted by molar-refractivity contribution is 6.74. The molecule has 0 saturated carbocycles. The van der Waals surface area contributed by atoms with Crippen molar-refractivity contribution in [3.63, 3.8) is 0 Å². The Hall–Kier alpha value is -1.27. The van der Waals surface area contributed by atoms with E-state index in [0.717, 1.165) is 0 Å². The van der Waals surface area contributed by atoms with Gasteiger partial charge in [0.05, 0.1) is 18.4 Å². The van der Waals surface area contributed by atoms with Crippen LogP contribution in [0.5, 0.6) is 0 Å². The molecule has 2 aliphatic heterocycles. The second-order valence-corrected chi connectivity index (χ2v) is 21.8. The van der Waals surface area contributed by atoms with Gasteiger partial charge in [-0.05, 0) is 48.4 Å². The standard InChI is InChI=1S/C23H40N2O5Si2/c1-21(2,3)31(7,8)28-15-18-17(30-32(9,10)22(4,5)6)14-23(29-18)12-11-16-13-19(26)24-20(27)25(16)23/h11-13,17-18H,14-15H2,1-10H3,(H,24,26,27)/t17-,18+,23+/m0/s1. The molecule has 1 saturated heterocycles. The van der Waals surface area contributed by atoms with Crippen LogP contribution in [0.4, 0.5) is 0 Å². The summed E-state index contributed by atoms with van der Waals surface area (Å²) < 4.78 is 21.5. The number of H-pyrrole nitrogens is 1. The molecule has 0 bridgehead atoms. The first-order chi connectivity index (χ1) is 14.4. The lowest BCUT2D eigenvalue weighted by molar-refractivity contribution is -0.0838. The Morgan fingerprint density at radius 3 is 2.25 bits per heavy atom. The van der Waals surface area contributed by atoms with Gasteiger partial charge in [0.25, 0.3) is 5.56 Å². The second-order valence-electron chi connectivity index (χ2n) is 12.2. The molecular weight excluding hydrogens is 440 g/mol. The van der Waals surface area contributed by atoms with Crippen molar-refractivity contribution in [3.05, 3.63) is 38.7 Å². The predicted octanol–water partition coefficient (Wildman–Crippen LogP) is 4.42. The Balaban J connectivity index is 1.95. The SMILES string of the molecule is CC(C)(C)[Si](C)(C)OC[C@H]1O[C@]2(C=Cc3cc(=O)[nH]c(=O)n32)C[C@@H]1O[Si](C)(C)C(C)(C)C. The lowest BCUT2D eigenvalue weighted by Gasteiger charge is -2.40. The van der Waals surface area contributed by atoms with Crippen LogP contribution >= 0.6 is 0 Å². The molecule has 0 amide bonds. The Labute approximate surface area is 193 Å². The van der Waals surface area contributed by atoms with Gasteiger partial charge in [0.15, 0.2) is 22.4 Å². The third-order valence-electron chi connectivity index (χ3n) is 7.79. The number of aromatic amines is 1. The van der Waals surface area contributed by atoms with Crippen LogP contribution in [0.15, 0.2) is 21.7 Å². The number of fused-ring (bicyclic) bond motifs is 2. The van der Waals surface area contributed by atoms with Gasteiger partial charge in [0, 0.05) is 12.5 Å². The van der Waals surface area contributed by atoms with E-state index in [4.69, 9.17) is 13.6 Å². The van der Waals surface area contributed by atoms with Crippen molar-refractivity contribution in [2.45, 2.75) is 102 Å². The Kier molecular flexibility index (Phi) is 6.26. The van der Waals surface area contributed by atoms with Gasteiger partial charge in [-0.25, -0.2) is 4.79 Å². The summed E-state index contributed by atoms with van der Waals surface area (Å²) in [5.74, 6) is 0. The van der Waals surface area contributed by atoms with Crippen LogP contribution in [-0.2, 0) is 19.3 Å². The van der Waals surface area contributed by atoms with Crippen LogP contribution in [0.2, 0.25) is 36.3 Å². The molecule has 3 atom stereocenters. The third-order valence-corrected chi connectivity index (χ3v) is 16.8. The van der Waals surface area contributed by atoms with Gasteiger partial charge in [0.2, 0.25) is 0 Å². The van der Waals surface area contributed by atoms with E-state index in [1.807, 2.05) is 6.08 Å². The van der Waals surface area contributed by atoms with E-state index in [-0.39, 0.29) is 22.3 Å². The molecule has 1 aromatic heterocycles. The number of hydrogen-bond donors (Lipinski definition) is 1. The van der Waals surface area contributed by atoms with Crippen molar-refractivity contribution in [2.24, 2.45) is 0 Å². The molecule has 1 N–H and O–H groups in total. The number of ether oxygens (including phenoxy) is 1. The maximum absolute atomic E-state index is 12.7. The highest BCUT2D eigenvalue weighted by atomic mass is 28.4. The number of aromatic nitrogens is 2. The Morgan fingerprint density at radius 2 is 1.69 bits per heavy atom. The summed E-state index contributed by atoms with van der Waals surface area (Å²) in [5, 5.41) is 0.119. The van der Waals surface area contributed by atoms with Crippen LogP contribution in [-0.4, -0.2) is 45.0 Å². The third kappa shape index (κ3) is 4.54. The van der Waals surface area contributed by atoms with Crippen molar-refractivity contribution in [3.8, 4) is 0 Å². The van der Waals surface area contributed by atoms with E-state index >= 15 is 0 Å². The molecule has 2 aliphatic rings. The van der Waals surface area contributed by atoms with E-state index in [9.17, 15) is 9.59 Å². The first kappa shape index (κ1) is 25.4. The smallest absolute Gasteiger partial charge is 0.331 e. The maximum Gasteiger partial charge on any atom is 0.331 e. The molecular formula is C23H40N2O5Si2. The summed E-state index contributed by atoms with van der Waals surface area (Å²) in [7, 11) is -4.10. The Morgan fingerprint density at radius 1 is 1.09 bits per heavy atom. The molecule has 9 heteroatoms. The van der Waals surface area contributed by atoms with Crippen LogP contribution in [0.1, 0.15) is 53.7 Å². The van der Waals surface area contributed by atoms with E-state index in [1.165, 1.54) is 6.07 Å². The van der Waals surface area contributed by atoms with Gasteiger partial charge in [0.1, 0.15) is 6.10 Å². The summed E-state index contributed by atoms with van der Waals surface area (Å²) in [6.07, 6.45) is 3.64. The molecule has 180 valence electrons. The highest BCUT2D eigenvalue weighted by Crippen LogP contribution is 2.46. The first-order valence-corrected chi connectivity index (χ1v) is 17.3. The molecule has 1 spiro atoms.